The van der Waals surface area contributed by atoms with Crippen LogP contribution in [0.4, 0.5) is 10.5 Å². The first-order chi connectivity index (χ1) is 18.7. The molecular formula is C27H35N3O8S. The number of carbonyl (C=O) groups is 1. The Morgan fingerprint density at radius 3 is 2.44 bits per heavy atom. The van der Waals surface area contributed by atoms with Crippen molar-refractivity contribution in [1.29, 1.82) is 0 Å². The number of rotatable bonds is 12. The quantitative estimate of drug-likeness (QED) is 0.296. The number of hydrogen-bond acceptors (Lipinski definition) is 8. The first-order valence-corrected chi connectivity index (χ1v) is 14.7. The Bertz CT molecular complexity index is 1200. The van der Waals surface area contributed by atoms with Crippen LogP contribution in [0, 0.1) is 16.0 Å². The van der Waals surface area contributed by atoms with Crippen molar-refractivity contribution in [2.45, 2.75) is 61.7 Å². The van der Waals surface area contributed by atoms with E-state index in [9.17, 15) is 28.4 Å². The topological polar surface area (TPSA) is 148 Å². The molecule has 1 saturated heterocycles. The molecule has 1 saturated carbocycles. The van der Waals surface area contributed by atoms with Gasteiger partial charge in [0.2, 0.25) is 10.0 Å². The monoisotopic (exact) mass is 561 g/mol. The summed E-state index contributed by atoms with van der Waals surface area (Å²) in [5, 5.41) is 25.2. The number of nitrogens with zero attached hydrogens (tertiary/aromatic N) is 2. The zero-order valence-corrected chi connectivity index (χ0v) is 22.5. The lowest BCUT2D eigenvalue weighted by atomic mass is 10.0. The lowest BCUT2D eigenvalue weighted by Crippen LogP contribution is -2.51. The summed E-state index contributed by atoms with van der Waals surface area (Å²) >= 11 is 0. The lowest BCUT2D eigenvalue weighted by molar-refractivity contribution is -0.384. The largest absolute Gasteiger partial charge is 0.444 e. The molecule has 0 bridgehead atoms. The lowest BCUT2D eigenvalue weighted by Gasteiger charge is -2.31. The van der Waals surface area contributed by atoms with Crippen molar-refractivity contribution in [3.8, 4) is 0 Å². The maximum absolute atomic E-state index is 13.7. The Labute approximate surface area is 228 Å². The number of nitro groups is 1. The summed E-state index contributed by atoms with van der Waals surface area (Å²) in [6.45, 7) is 0.755. The van der Waals surface area contributed by atoms with Gasteiger partial charge in [0.15, 0.2) is 0 Å². The van der Waals surface area contributed by atoms with Gasteiger partial charge in [0.05, 0.1) is 35.2 Å². The number of nitrogens with one attached hydrogen (secondary N) is 1. The molecule has 0 aromatic heterocycles. The third-order valence-electron chi connectivity index (χ3n) is 7.24. The molecule has 1 amide bonds. The van der Waals surface area contributed by atoms with Crippen molar-refractivity contribution < 1.29 is 32.7 Å². The number of aliphatic hydroxyl groups excluding tert-OH is 1. The van der Waals surface area contributed by atoms with Crippen molar-refractivity contribution in [2.24, 2.45) is 5.92 Å². The number of ether oxygens (including phenoxy) is 2. The zero-order chi connectivity index (χ0) is 27.8. The summed E-state index contributed by atoms with van der Waals surface area (Å²) in [7, 11) is -4.09. The standard InChI is InChI=1S/C27H35N3O8S/c31-26(25(16-20-6-2-1-3-7-20)28-27(32)38-23-14-15-37-19-23)18-29(17-21-8-4-5-9-21)39(35,36)24-12-10-22(11-13-24)30(33)34/h1-3,6-7,10-13,21,23,25-26,31H,4-5,8-9,14-19H2,(H,28,32)/t23-,25?,26-/m0/s1. The summed E-state index contributed by atoms with van der Waals surface area (Å²) in [4.78, 5) is 23.1. The van der Waals surface area contributed by atoms with Crippen molar-refractivity contribution in [3.63, 3.8) is 0 Å². The van der Waals surface area contributed by atoms with Crippen LogP contribution >= 0.6 is 0 Å². The Morgan fingerprint density at radius 1 is 1.13 bits per heavy atom. The maximum atomic E-state index is 13.7. The molecule has 0 spiro atoms. The minimum Gasteiger partial charge on any atom is -0.444 e. The molecule has 12 heteroatoms. The average Bonchev–Trinajstić information content (AvgIpc) is 3.63. The second kappa shape index (κ2) is 13.3. The van der Waals surface area contributed by atoms with Gasteiger partial charge in [0.25, 0.3) is 5.69 Å². The minimum absolute atomic E-state index is 0.0912. The number of hydrogen-bond donors (Lipinski definition) is 2. The van der Waals surface area contributed by atoms with Crippen LogP contribution in [-0.2, 0) is 25.9 Å². The highest BCUT2D eigenvalue weighted by Crippen LogP contribution is 2.29. The molecule has 39 heavy (non-hydrogen) atoms. The van der Waals surface area contributed by atoms with Crippen LogP contribution in [0.3, 0.4) is 0 Å². The molecule has 11 nitrogen and oxygen atoms in total. The van der Waals surface area contributed by atoms with Gasteiger partial charge < -0.3 is 19.9 Å². The highest BCUT2D eigenvalue weighted by atomic mass is 32.2. The molecule has 3 atom stereocenters. The smallest absolute Gasteiger partial charge is 0.407 e. The molecule has 1 aliphatic heterocycles. The molecule has 2 aromatic carbocycles. The maximum Gasteiger partial charge on any atom is 0.407 e. The predicted molar refractivity (Wildman–Crippen MR) is 143 cm³/mol. The van der Waals surface area contributed by atoms with Crippen molar-refractivity contribution in [2.75, 3.05) is 26.3 Å². The summed E-state index contributed by atoms with van der Waals surface area (Å²) in [5.41, 5.74) is 0.640. The van der Waals surface area contributed by atoms with E-state index in [1.807, 2.05) is 30.3 Å². The molecule has 2 aromatic rings. The minimum atomic E-state index is -4.09. The van der Waals surface area contributed by atoms with Crippen molar-refractivity contribution in [3.05, 3.63) is 70.3 Å². The number of aliphatic hydroxyl groups is 1. The number of non-ortho nitro benzene ring substituents is 1. The van der Waals surface area contributed by atoms with E-state index in [0.717, 1.165) is 43.4 Å². The van der Waals surface area contributed by atoms with Crippen LogP contribution in [0.25, 0.3) is 0 Å². The third-order valence-corrected chi connectivity index (χ3v) is 9.09. The summed E-state index contributed by atoms with van der Waals surface area (Å²) in [5.74, 6) is 0.137. The van der Waals surface area contributed by atoms with Gasteiger partial charge in [-0.2, -0.15) is 4.31 Å². The highest BCUT2D eigenvalue weighted by molar-refractivity contribution is 7.89. The Hall–Kier alpha value is -3.06. The van der Waals surface area contributed by atoms with Gasteiger partial charge in [0.1, 0.15) is 6.10 Å². The molecule has 1 heterocycles. The molecule has 2 N–H and O–H groups in total. The molecule has 0 radical (unpaired) electrons. The fraction of sp³-hybridized carbons (Fsp3) is 0.519. The first kappa shape index (κ1) is 28.9. The van der Waals surface area contributed by atoms with Crippen molar-refractivity contribution >= 4 is 21.8 Å². The van der Waals surface area contributed by atoms with Gasteiger partial charge in [-0.25, -0.2) is 13.2 Å². The van der Waals surface area contributed by atoms with Gasteiger partial charge in [-0.05, 0) is 42.9 Å². The van der Waals surface area contributed by atoms with Crippen LogP contribution in [-0.4, -0.2) is 73.4 Å². The van der Waals surface area contributed by atoms with Gasteiger partial charge in [0, 0.05) is 31.6 Å². The Kier molecular flexibility index (Phi) is 9.89. The Balaban J connectivity index is 1.55. The van der Waals surface area contributed by atoms with E-state index in [2.05, 4.69) is 5.32 Å². The van der Waals surface area contributed by atoms with E-state index in [-0.39, 0.29) is 42.1 Å². The summed E-state index contributed by atoms with van der Waals surface area (Å²) in [6.07, 6.45) is 2.28. The molecule has 4 rings (SSSR count). The fourth-order valence-electron chi connectivity index (χ4n) is 5.07. The van der Waals surface area contributed by atoms with Gasteiger partial charge in [-0.15, -0.1) is 0 Å². The van der Waals surface area contributed by atoms with E-state index in [1.54, 1.807) is 0 Å². The molecular weight excluding hydrogens is 526 g/mol. The molecule has 2 fully saturated rings. The molecule has 2 aliphatic rings. The molecule has 1 unspecified atom stereocenters. The summed E-state index contributed by atoms with van der Waals surface area (Å²) in [6, 6.07) is 13.2. The van der Waals surface area contributed by atoms with Gasteiger partial charge >= 0.3 is 6.09 Å². The molecule has 1 aliphatic carbocycles. The highest BCUT2D eigenvalue weighted by Gasteiger charge is 2.34. The number of carbonyl (C=O) groups excluding carboxylic acids is 1. The normalized spacial score (nSPS) is 19.6. The van der Waals surface area contributed by atoms with E-state index < -0.39 is 33.2 Å². The third kappa shape index (κ3) is 7.98. The second-order valence-corrected chi connectivity index (χ2v) is 12.1. The SMILES string of the molecule is O=C(NC(Cc1ccccc1)[C@@H](O)CN(CC1CCCC1)S(=O)(=O)c1ccc([N+](=O)[O-])cc1)O[C@H]1CCOC1. The van der Waals surface area contributed by atoms with Gasteiger partial charge in [-0.3, -0.25) is 10.1 Å². The van der Waals surface area contributed by atoms with E-state index in [1.165, 1.54) is 16.4 Å². The number of sulfonamides is 1. The zero-order valence-electron chi connectivity index (χ0n) is 21.7. The average molecular weight is 562 g/mol. The summed E-state index contributed by atoms with van der Waals surface area (Å²) < 4.78 is 39.3. The second-order valence-electron chi connectivity index (χ2n) is 10.1. The number of nitro benzene ring substituents is 1. The van der Waals surface area contributed by atoms with E-state index in [0.29, 0.717) is 19.6 Å². The number of benzene rings is 2. The van der Waals surface area contributed by atoms with Crippen LogP contribution in [0.15, 0.2) is 59.5 Å². The van der Waals surface area contributed by atoms with E-state index in [4.69, 9.17) is 9.47 Å². The first-order valence-electron chi connectivity index (χ1n) is 13.2. The van der Waals surface area contributed by atoms with Gasteiger partial charge in [-0.1, -0.05) is 43.2 Å². The van der Waals surface area contributed by atoms with E-state index >= 15 is 0 Å². The molecule has 212 valence electrons. The van der Waals surface area contributed by atoms with Crippen LogP contribution < -0.4 is 5.32 Å². The van der Waals surface area contributed by atoms with Crippen LogP contribution in [0.1, 0.15) is 37.7 Å². The number of amides is 1. The Morgan fingerprint density at radius 2 is 1.82 bits per heavy atom. The van der Waals surface area contributed by atoms with Crippen molar-refractivity contribution in [1.82, 2.24) is 9.62 Å². The number of alkyl carbamates (subject to hydrolysis) is 1. The predicted octanol–water partition coefficient (Wildman–Crippen LogP) is 3.26. The fourth-order valence-corrected chi connectivity index (χ4v) is 6.60. The van der Waals surface area contributed by atoms with Crippen LogP contribution in [0.5, 0.6) is 0 Å². The van der Waals surface area contributed by atoms with Crippen LogP contribution in [0.2, 0.25) is 0 Å².